The van der Waals surface area contributed by atoms with Gasteiger partial charge in [-0.1, -0.05) is 0 Å². The van der Waals surface area contributed by atoms with Crippen molar-refractivity contribution in [1.29, 1.82) is 0 Å². The summed E-state index contributed by atoms with van der Waals surface area (Å²) in [5.41, 5.74) is 5.43. The number of esters is 1. The number of H-pyrrole nitrogens is 1. The predicted molar refractivity (Wildman–Crippen MR) is 75.6 cm³/mol. The average Bonchev–Trinajstić information content (AvgIpc) is 2.86. The Hall–Kier alpha value is -1.77. The molecule has 0 fully saturated rings. The lowest BCUT2D eigenvalue weighted by atomic mass is 10.0. The molecule has 1 aromatic heterocycles. The van der Waals surface area contributed by atoms with Gasteiger partial charge in [0, 0.05) is 16.6 Å². The molecular weight excluding hydrogens is 238 g/mol. The first-order valence-corrected chi connectivity index (χ1v) is 6.91. The van der Waals surface area contributed by atoms with Gasteiger partial charge in [0.2, 0.25) is 0 Å². The van der Waals surface area contributed by atoms with Crippen molar-refractivity contribution >= 4 is 16.9 Å². The molecule has 1 aliphatic rings. The van der Waals surface area contributed by atoms with Crippen LogP contribution in [0.5, 0.6) is 0 Å². The molecule has 0 amide bonds. The number of hydrogen-bond donors (Lipinski definition) is 1. The predicted octanol–water partition coefficient (Wildman–Crippen LogP) is 3.53. The Morgan fingerprint density at radius 1 is 1.26 bits per heavy atom. The minimum atomic E-state index is -0.225. The molecule has 100 valence electrons. The van der Waals surface area contributed by atoms with Crippen LogP contribution >= 0.6 is 0 Å². The molecule has 3 rings (SSSR count). The number of carbonyl (C=O) groups is 1. The zero-order valence-corrected chi connectivity index (χ0v) is 11.7. The number of hydrogen-bond acceptors (Lipinski definition) is 2. The summed E-state index contributed by atoms with van der Waals surface area (Å²) >= 11 is 0. The minimum absolute atomic E-state index is 0.0914. The van der Waals surface area contributed by atoms with E-state index in [0.717, 1.165) is 29.4 Å². The van der Waals surface area contributed by atoms with Crippen LogP contribution in [0.3, 0.4) is 0 Å². The van der Waals surface area contributed by atoms with E-state index >= 15 is 0 Å². The molecule has 0 atom stereocenters. The fraction of sp³-hybridized carbons (Fsp3) is 0.438. The molecule has 1 N–H and O–H groups in total. The van der Waals surface area contributed by atoms with Crippen molar-refractivity contribution in [2.75, 3.05) is 0 Å². The Kier molecular flexibility index (Phi) is 2.85. The Balaban J connectivity index is 2.13. The standard InChI is InChI=1S/C16H19NO2/c1-9(2)19-16(18)15-10(3)17-14-8-12-6-4-5-11(12)7-13(14)15/h7-9,17H,4-6H2,1-3H3. The van der Waals surface area contributed by atoms with E-state index in [-0.39, 0.29) is 12.1 Å². The summed E-state index contributed by atoms with van der Waals surface area (Å²) in [7, 11) is 0. The molecule has 0 aliphatic heterocycles. The zero-order chi connectivity index (χ0) is 13.6. The maximum atomic E-state index is 12.2. The number of rotatable bonds is 2. The molecule has 1 aliphatic carbocycles. The van der Waals surface area contributed by atoms with E-state index in [9.17, 15) is 4.79 Å². The third-order valence-corrected chi connectivity index (χ3v) is 3.75. The first-order valence-electron chi connectivity index (χ1n) is 6.91. The maximum Gasteiger partial charge on any atom is 0.340 e. The van der Waals surface area contributed by atoms with Crippen LogP contribution in [-0.4, -0.2) is 17.1 Å². The topological polar surface area (TPSA) is 42.1 Å². The van der Waals surface area contributed by atoms with Crippen LogP contribution in [0.1, 0.15) is 47.4 Å². The molecule has 19 heavy (non-hydrogen) atoms. The monoisotopic (exact) mass is 257 g/mol. The van der Waals surface area contributed by atoms with Crippen LogP contribution in [-0.2, 0) is 17.6 Å². The maximum absolute atomic E-state index is 12.2. The normalized spacial score (nSPS) is 14.1. The second kappa shape index (κ2) is 4.41. The first kappa shape index (κ1) is 12.3. The largest absolute Gasteiger partial charge is 0.459 e. The highest BCUT2D eigenvalue weighted by atomic mass is 16.5. The van der Waals surface area contributed by atoms with Crippen molar-refractivity contribution in [1.82, 2.24) is 4.98 Å². The highest BCUT2D eigenvalue weighted by Gasteiger charge is 2.21. The van der Waals surface area contributed by atoms with Gasteiger partial charge in [-0.15, -0.1) is 0 Å². The molecule has 0 saturated carbocycles. The highest BCUT2D eigenvalue weighted by Crippen LogP contribution is 2.30. The molecule has 2 aromatic rings. The van der Waals surface area contributed by atoms with E-state index in [0.29, 0.717) is 5.56 Å². The Labute approximate surface area is 113 Å². The van der Waals surface area contributed by atoms with Crippen molar-refractivity contribution in [3.05, 3.63) is 34.5 Å². The third kappa shape index (κ3) is 2.03. The van der Waals surface area contributed by atoms with Crippen molar-refractivity contribution in [2.45, 2.75) is 46.1 Å². The molecule has 0 radical (unpaired) electrons. The fourth-order valence-corrected chi connectivity index (χ4v) is 2.94. The van der Waals surface area contributed by atoms with Gasteiger partial charge in [-0.05, 0) is 63.3 Å². The summed E-state index contributed by atoms with van der Waals surface area (Å²) in [6, 6.07) is 4.36. The summed E-state index contributed by atoms with van der Waals surface area (Å²) < 4.78 is 5.34. The second-order valence-corrected chi connectivity index (χ2v) is 5.60. The quantitative estimate of drug-likeness (QED) is 0.836. The van der Waals surface area contributed by atoms with Gasteiger partial charge < -0.3 is 9.72 Å². The van der Waals surface area contributed by atoms with Gasteiger partial charge >= 0.3 is 5.97 Å². The molecule has 1 heterocycles. The van der Waals surface area contributed by atoms with Crippen LogP contribution < -0.4 is 0 Å². The number of aromatic amines is 1. The van der Waals surface area contributed by atoms with Gasteiger partial charge in [0.05, 0.1) is 11.7 Å². The van der Waals surface area contributed by atoms with Gasteiger partial charge in [0.25, 0.3) is 0 Å². The van der Waals surface area contributed by atoms with Crippen molar-refractivity contribution in [2.24, 2.45) is 0 Å². The molecule has 0 unspecified atom stereocenters. The van der Waals surface area contributed by atoms with E-state index in [1.165, 1.54) is 17.5 Å². The lowest BCUT2D eigenvalue weighted by molar-refractivity contribution is 0.0379. The van der Waals surface area contributed by atoms with Gasteiger partial charge in [0.15, 0.2) is 0 Å². The Bertz CT molecular complexity index is 652. The zero-order valence-electron chi connectivity index (χ0n) is 11.7. The van der Waals surface area contributed by atoms with E-state index in [1.54, 1.807) is 0 Å². The fourth-order valence-electron chi connectivity index (χ4n) is 2.94. The van der Waals surface area contributed by atoms with E-state index in [4.69, 9.17) is 4.74 Å². The molecule has 3 heteroatoms. The molecule has 1 aromatic carbocycles. The molecule has 0 bridgehead atoms. The minimum Gasteiger partial charge on any atom is -0.459 e. The summed E-state index contributed by atoms with van der Waals surface area (Å²) in [6.07, 6.45) is 3.39. The molecular formula is C16H19NO2. The summed E-state index contributed by atoms with van der Waals surface area (Å²) in [4.78, 5) is 15.5. The van der Waals surface area contributed by atoms with Crippen molar-refractivity contribution < 1.29 is 9.53 Å². The smallest absolute Gasteiger partial charge is 0.340 e. The molecule has 3 nitrogen and oxygen atoms in total. The Morgan fingerprint density at radius 2 is 1.95 bits per heavy atom. The highest BCUT2D eigenvalue weighted by molar-refractivity contribution is 6.06. The van der Waals surface area contributed by atoms with Crippen LogP contribution in [0.2, 0.25) is 0 Å². The number of aromatic nitrogens is 1. The number of benzene rings is 1. The molecule has 0 saturated heterocycles. The van der Waals surface area contributed by atoms with Gasteiger partial charge in [-0.2, -0.15) is 0 Å². The number of aryl methyl sites for hydroxylation is 3. The summed E-state index contributed by atoms with van der Waals surface area (Å²) in [5.74, 6) is -0.225. The summed E-state index contributed by atoms with van der Waals surface area (Å²) in [5, 5.41) is 1.00. The van der Waals surface area contributed by atoms with Crippen LogP contribution in [0.4, 0.5) is 0 Å². The molecule has 0 spiro atoms. The lowest BCUT2D eigenvalue weighted by Crippen LogP contribution is -2.12. The number of carbonyl (C=O) groups excluding carboxylic acids is 1. The van der Waals surface area contributed by atoms with Crippen molar-refractivity contribution in [3.8, 4) is 0 Å². The van der Waals surface area contributed by atoms with E-state index < -0.39 is 0 Å². The number of ether oxygens (including phenoxy) is 1. The third-order valence-electron chi connectivity index (χ3n) is 3.75. The Morgan fingerprint density at radius 3 is 2.63 bits per heavy atom. The van der Waals surface area contributed by atoms with Crippen molar-refractivity contribution in [3.63, 3.8) is 0 Å². The SMILES string of the molecule is Cc1[nH]c2cc3c(cc2c1C(=O)OC(C)C)CCC3. The average molecular weight is 257 g/mol. The second-order valence-electron chi connectivity index (χ2n) is 5.60. The number of nitrogens with one attached hydrogen (secondary N) is 1. The van der Waals surface area contributed by atoms with E-state index in [1.807, 2.05) is 20.8 Å². The van der Waals surface area contributed by atoms with Crippen LogP contribution in [0.25, 0.3) is 10.9 Å². The number of fused-ring (bicyclic) bond motifs is 2. The lowest BCUT2D eigenvalue weighted by Gasteiger charge is -2.08. The van der Waals surface area contributed by atoms with Crippen LogP contribution in [0.15, 0.2) is 12.1 Å². The van der Waals surface area contributed by atoms with Gasteiger partial charge in [-0.25, -0.2) is 4.79 Å². The van der Waals surface area contributed by atoms with E-state index in [2.05, 4.69) is 17.1 Å². The van der Waals surface area contributed by atoms with Crippen LogP contribution in [0, 0.1) is 6.92 Å². The van der Waals surface area contributed by atoms with Gasteiger partial charge in [0.1, 0.15) is 0 Å². The first-order chi connectivity index (χ1) is 9.06. The summed E-state index contributed by atoms with van der Waals surface area (Å²) in [6.45, 7) is 5.68. The van der Waals surface area contributed by atoms with Gasteiger partial charge in [-0.3, -0.25) is 0 Å².